The number of benzene rings is 1. The number of nitrogens with one attached hydrogen (secondary N) is 1. The highest BCUT2D eigenvalue weighted by Crippen LogP contribution is 2.38. The van der Waals surface area contributed by atoms with Crippen LogP contribution in [0, 0.1) is 0 Å². The van der Waals surface area contributed by atoms with Crippen LogP contribution >= 0.6 is 0 Å². The highest BCUT2D eigenvalue weighted by atomic mass is 19.4. The van der Waals surface area contributed by atoms with Gasteiger partial charge < -0.3 is 10.4 Å². The van der Waals surface area contributed by atoms with Gasteiger partial charge in [0.2, 0.25) is 5.82 Å². The number of rotatable bonds is 9. The van der Waals surface area contributed by atoms with Gasteiger partial charge in [0, 0.05) is 31.5 Å². The van der Waals surface area contributed by atoms with Gasteiger partial charge in [-0.1, -0.05) is 25.0 Å². The van der Waals surface area contributed by atoms with Crippen LogP contribution in [-0.2, 0) is 11.0 Å². The number of nitrogens with zero attached hydrogens (tertiary/aromatic N) is 4. The summed E-state index contributed by atoms with van der Waals surface area (Å²) >= 11 is 0. The molecule has 1 saturated carbocycles. The second-order valence-corrected chi connectivity index (χ2v) is 9.64. The minimum absolute atomic E-state index is 0.0984. The molecule has 1 atom stereocenters. The fourth-order valence-electron chi connectivity index (χ4n) is 4.97. The minimum atomic E-state index is -4.66. The van der Waals surface area contributed by atoms with Crippen LogP contribution in [0.5, 0.6) is 0 Å². The van der Waals surface area contributed by atoms with Gasteiger partial charge in [-0.25, -0.2) is 18.4 Å². The number of aliphatic carboxylic acids is 1. The Morgan fingerprint density at radius 3 is 2.51 bits per heavy atom. The van der Waals surface area contributed by atoms with E-state index in [1.165, 1.54) is 23.1 Å². The van der Waals surface area contributed by atoms with E-state index >= 15 is 0 Å². The second kappa shape index (κ2) is 10.7. The lowest BCUT2D eigenvalue weighted by Gasteiger charge is -2.20. The average molecular weight is 530 g/mol. The van der Waals surface area contributed by atoms with Gasteiger partial charge >= 0.3 is 12.1 Å². The summed E-state index contributed by atoms with van der Waals surface area (Å²) in [5.41, 5.74) is -1.17. The number of hydrogen-bond acceptors (Lipinski definition) is 5. The van der Waals surface area contributed by atoms with Crippen molar-refractivity contribution in [1.29, 1.82) is 0 Å². The van der Waals surface area contributed by atoms with Gasteiger partial charge in [0.25, 0.3) is 11.8 Å². The van der Waals surface area contributed by atoms with Crippen LogP contribution in [0.15, 0.2) is 24.3 Å². The summed E-state index contributed by atoms with van der Waals surface area (Å²) in [5, 5.41) is 15.9. The molecular formula is C24H28F5N5O3. The number of alkyl halides is 5. The molecule has 1 amide bonds. The van der Waals surface area contributed by atoms with Crippen LogP contribution in [0.25, 0.3) is 5.69 Å². The summed E-state index contributed by atoms with van der Waals surface area (Å²) in [5.74, 6) is -5.13. The number of hydrogen-bond donors (Lipinski definition) is 2. The second-order valence-electron chi connectivity index (χ2n) is 9.64. The third kappa shape index (κ3) is 6.62. The molecule has 2 N–H and O–H groups in total. The number of carboxylic acid groups (broad SMARTS) is 1. The first-order chi connectivity index (χ1) is 17.4. The van der Waals surface area contributed by atoms with E-state index in [0.29, 0.717) is 12.8 Å². The maximum absolute atomic E-state index is 13.7. The lowest BCUT2D eigenvalue weighted by atomic mass is 10.1. The first kappa shape index (κ1) is 27.0. The summed E-state index contributed by atoms with van der Waals surface area (Å²) in [6, 6.07) is 3.99. The lowest BCUT2D eigenvalue weighted by molar-refractivity contribution is -0.138. The molecule has 0 spiro atoms. The maximum Gasteiger partial charge on any atom is 0.418 e. The molecule has 2 heterocycles. The van der Waals surface area contributed by atoms with E-state index in [2.05, 4.69) is 15.4 Å². The van der Waals surface area contributed by atoms with E-state index in [9.17, 15) is 36.6 Å². The topological polar surface area (TPSA) is 100 Å². The lowest BCUT2D eigenvalue weighted by Crippen LogP contribution is -2.40. The van der Waals surface area contributed by atoms with E-state index in [-0.39, 0.29) is 49.2 Å². The summed E-state index contributed by atoms with van der Waals surface area (Å²) in [4.78, 5) is 30.2. The molecule has 2 fully saturated rings. The van der Waals surface area contributed by atoms with Gasteiger partial charge in [-0.2, -0.15) is 13.2 Å². The molecule has 1 unspecified atom stereocenters. The third-order valence-corrected chi connectivity index (χ3v) is 6.79. The van der Waals surface area contributed by atoms with Gasteiger partial charge in [-0.15, -0.1) is 5.10 Å². The molecule has 1 aromatic carbocycles. The zero-order chi connectivity index (χ0) is 26.8. The molecule has 202 valence electrons. The van der Waals surface area contributed by atoms with Gasteiger partial charge in [0.1, 0.15) is 5.82 Å². The molecule has 1 aromatic heterocycles. The quantitative estimate of drug-likeness (QED) is 0.472. The summed E-state index contributed by atoms with van der Waals surface area (Å²) in [6.45, 7) is -0.117. The maximum atomic E-state index is 13.7. The zero-order valence-electron chi connectivity index (χ0n) is 20.0. The predicted octanol–water partition coefficient (Wildman–Crippen LogP) is 4.25. The predicted molar refractivity (Wildman–Crippen MR) is 122 cm³/mol. The Morgan fingerprint density at radius 1 is 1.19 bits per heavy atom. The molecule has 13 heteroatoms. The Balaban J connectivity index is 1.58. The van der Waals surface area contributed by atoms with Crippen molar-refractivity contribution < 1.29 is 36.6 Å². The van der Waals surface area contributed by atoms with E-state index < -0.39 is 48.5 Å². The fraction of sp³-hybridized carbons (Fsp3) is 0.583. The van der Waals surface area contributed by atoms with Crippen molar-refractivity contribution in [1.82, 2.24) is 25.0 Å². The molecule has 2 aliphatic rings. The molecule has 4 rings (SSSR count). The number of carbonyl (C=O) groups excluding carboxylic acids is 1. The Morgan fingerprint density at radius 2 is 1.89 bits per heavy atom. The number of amides is 1. The summed E-state index contributed by atoms with van der Waals surface area (Å²) in [6.07, 6.45) is -2.17. The molecule has 0 bridgehead atoms. The Bertz CT molecular complexity index is 1130. The number of likely N-dealkylation sites (tertiary alicyclic amines) is 1. The fourth-order valence-corrected chi connectivity index (χ4v) is 4.97. The molecule has 1 saturated heterocycles. The monoisotopic (exact) mass is 529 g/mol. The number of carboxylic acids is 1. The summed E-state index contributed by atoms with van der Waals surface area (Å²) < 4.78 is 69.2. The number of carbonyl (C=O) groups is 2. The van der Waals surface area contributed by atoms with Crippen molar-refractivity contribution in [3.05, 3.63) is 41.5 Å². The van der Waals surface area contributed by atoms with Crippen LogP contribution in [0.4, 0.5) is 22.0 Å². The van der Waals surface area contributed by atoms with Gasteiger partial charge in [0.15, 0.2) is 0 Å². The molecule has 1 aliphatic heterocycles. The van der Waals surface area contributed by atoms with Crippen LogP contribution in [0.3, 0.4) is 0 Å². The van der Waals surface area contributed by atoms with Gasteiger partial charge in [0.05, 0.1) is 24.2 Å². The molecule has 2 aromatic rings. The van der Waals surface area contributed by atoms with Crippen molar-refractivity contribution in [2.45, 2.75) is 69.0 Å². The molecule has 37 heavy (non-hydrogen) atoms. The first-order valence-corrected chi connectivity index (χ1v) is 12.2. The highest BCUT2D eigenvalue weighted by molar-refractivity contribution is 5.91. The average Bonchev–Trinajstić information content (AvgIpc) is 3.56. The molecule has 0 radical (unpaired) electrons. The highest BCUT2D eigenvalue weighted by Gasteiger charge is 2.38. The third-order valence-electron chi connectivity index (χ3n) is 6.79. The normalized spacial score (nSPS) is 19.3. The van der Waals surface area contributed by atoms with Crippen molar-refractivity contribution in [2.75, 3.05) is 19.6 Å². The number of para-hydroxylation sites is 1. The molecular weight excluding hydrogens is 501 g/mol. The Labute approximate surface area is 209 Å². The van der Waals surface area contributed by atoms with E-state index in [4.69, 9.17) is 0 Å². The number of aromatic nitrogens is 3. The SMILES string of the molecule is O=C(O)CC(CCN1CCC(F)(F)C1)NC(=O)c1nc(C2CCCC2)n(-c2ccccc2C(F)(F)F)n1. The Hall–Kier alpha value is -3.09. The van der Waals surface area contributed by atoms with E-state index in [0.717, 1.165) is 23.6 Å². The van der Waals surface area contributed by atoms with Crippen molar-refractivity contribution >= 4 is 11.9 Å². The Kier molecular flexibility index (Phi) is 7.81. The van der Waals surface area contributed by atoms with Crippen LogP contribution in [-0.4, -0.2) is 68.2 Å². The molecule has 1 aliphatic carbocycles. The summed E-state index contributed by atoms with van der Waals surface area (Å²) in [7, 11) is 0. The van der Waals surface area contributed by atoms with Crippen LogP contribution in [0.1, 0.15) is 72.9 Å². The van der Waals surface area contributed by atoms with E-state index in [1.54, 1.807) is 0 Å². The zero-order valence-corrected chi connectivity index (χ0v) is 20.0. The molecule has 8 nitrogen and oxygen atoms in total. The van der Waals surface area contributed by atoms with Crippen molar-refractivity contribution in [2.24, 2.45) is 0 Å². The first-order valence-electron chi connectivity index (χ1n) is 12.2. The van der Waals surface area contributed by atoms with Gasteiger partial charge in [-0.3, -0.25) is 14.5 Å². The van der Waals surface area contributed by atoms with Gasteiger partial charge in [-0.05, 0) is 31.4 Å². The van der Waals surface area contributed by atoms with Crippen molar-refractivity contribution in [3.8, 4) is 5.69 Å². The largest absolute Gasteiger partial charge is 0.481 e. The standard InChI is InChI=1S/C24H28F5N5O3/c25-23(26)10-12-33(14-23)11-9-16(13-19(35)36)30-22(37)20-31-21(15-5-1-2-6-15)34(32-20)18-8-4-3-7-17(18)24(27,28)29/h3-4,7-8,15-16H,1-2,5-6,9-14H2,(H,30,37)(H,35,36). The number of halogens is 5. The van der Waals surface area contributed by atoms with E-state index in [1.807, 2.05) is 0 Å². The van der Waals surface area contributed by atoms with Crippen molar-refractivity contribution in [3.63, 3.8) is 0 Å². The minimum Gasteiger partial charge on any atom is -0.481 e. The van der Waals surface area contributed by atoms with Crippen LogP contribution < -0.4 is 5.32 Å². The van der Waals surface area contributed by atoms with Crippen LogP contribution in [0.2, 0.25) is 0 Å². The smallest absolute Gasteiger partial charge is 0.418 e.